The SMILES string of the molecule is CNC1COCC1C(=O)Nc1cc(F)ccc1Cl. The Morgan fingerprint density at radius 1 is 1.50 bits per heavy atom. The summed E-state index contributed by atoms with van der Waals surface area (Å²) in [6.07, 6.45) is 0. The molecule has 0 saturated carbocycles. The number of carbonyl (C=O) groups is 1. The van der Waals surface area contributed by atoms with E-state index in [1.54, 1.807) is 7.05 Å². The zero-order valence-corrected chi connectivity index (χ0v) is 10.6. The van der Waals surface area contributed by atoms with Gasteiger partial charge in [-0.3, -0.25) is 4.79 Å². The molecule has 0 radical (unpaired) electrons. The summed E-state index contributed by atoms with van der Waals surface area (Å²) in [4.78, 5) is 12.0. The highest BCUT2D eigenvalue weighted by atomic mass is 35.5. The average molecular weight is 273 g/mol. The van der Waals surface area contributed by atoms with Crippen molar-refractivity contribution in [3.8, 4) is 0 Å². The number of anilines is 1. The summed E-state index contributed by atoms with van der Waals surface area (Å²) in [6, 6.07) is 3.82. The number of hydrogen-bond acceptors (Lipinski definition) is 3. The number of amides is 1. The lowest BCUT2D eigenvalue weighted by Crippen LogP contribution is -2.39. The number of carbonyl (C=O) groups excluding carboxylic acids is 1. The van der Waals surface area contributed by atoms with Crippen LogP contribution in [-0.4, -0.2) is 32.2 Å². The van der Waals surface area contributed by atoms with Gasteiger partial charge in [0.15, 0.2) is 0 Å². The maximum absolute atomic E-state index is 13.1. The first-order chi connectivity index (χ1) is 8.61. The molecule has 6 heteroatoms. The van der Waals surface area contributed by atoms with Gasteiger partial charge in [0.25, 0.3) is 0 Å². The fourth-order valence-corrected chi connectivity index (χ4v) is 2.08. The Balaban J connectivity index is 2.09. The van der Waals surface area contributed by atoms with Crippen molar-refractivity contribution in [2.45, 2.75) is 6.04 Å². The molecule has 2 unspecified atom stereocenters. The molecule has 1 saturated heterocycles. The van der Waals surface area contributed by atoms with E-state index in [-0.39, 0.29) is 23.6 Å². The lowest BCUT2D eigenvalue weighted by molar-refractivity contribution is -0.120. The number of rotatable bonds is 3. The predicted octanol–water partition coefficient (Wildman–Crippen LogP) is 1.65. The molecule has 2 N–H and O–H groups in total. The van der Waals surface area contributed by atoms with Crippen LogP contribution in [-0.2, 0) is 9.53 Å². The van der Waals surface area contributed by atoms with E-state index in [1.807, 2.05) is 0 Å². The van der Waals surface area contributed by atoms with Crippen LogP contribution in [0.1, 0.15) is 0 Å². The molecule has 18 heavy (non-hydrogen) atoms. The fourth-order valence-electron chi connectivity index (χ4n) is 1.92. The van der Waals surface area contributed by atoms with E-state index in [4.69, 9.17) is 16.3 Å². The van der Waals surface area contributed by atoms with Crippen LogP contribution in [0.25, 0.3) is 0 Å². The maximum atomic E-state index is 13.1. The molecule has 0 aromatic heterocycles. The molecule has 1 fully saturated rings. The van der Waals surface area contributed by atoms with E-state index >= 15 is 0 Å². The molecule has 2 rings (SSSR count). The van der Waals surface area contributed by atoms with Crippen LogP contribution in [0.2, 0.25) is 5.02 Å². The number of hydrogen-bond donors (Lipinski definition) is 2. The Labute approximate surface area is 109 Å². The summed E-state index contributed by atoms with van der Waals surface area (Å²) in [5.41, 5.74) is 0.281. The Kier molecular flexibility index (Phi) is 4.16. The minimum absolute atomic E-state index is 0.0302. The third-order valence-corrected chi connectivity index (χ3v) is 3.30. The average Bonchev–Trinajstić information content (AvgIpc) is 2.82. The van der Waals surface area contributed by atoms with Gasteiger partial charge in [-0.15, -0.1) is 0 Å². The van der Waals surface area contributed by atoms with Crippen molar-refractivity contribution in [3.05, 3.63) is 29.0 Å². The minimum atomic E-state index is -0.442. The molecule has 1 aromatic rings. The highest BCUT2D eigenvalue weighted by molar-refractivity contribution is 6.33. The highest BCUT2D eigenvalue weighted by Crippen LogP contribution is 2.24. The van der Waals surface area contributed by atoms with Gasteiger partial charge in [0.2, 0.25) is 5.91 Å². The first-order valence-electron chi connectivity index (χ1n) is 5.62. The van der Waals surface area contributed by atoms with Crippen molar-refractivity contribution in [3.63, 3.8) is 0 Å². The van der Waals surface area contributed by atoms with Gasteiger partial charge in [-0.1, -0.05) is 11.6 Å². The Morgan fingerprint density at radius 2 is 2.28 bits per heavy atom. The molecule has 0 bridgehead atoms. The van der Waals surface area contributed by atoms with Crippen molar-refractivity contribution >= 4 is 23.2 Å². The zero-order chi connectivity index (χ0) is 13.1. The molecule has 2 atom stereocenters. The second-order valence-corrected chi connectivity index (χ2v) is 4.56. The van der Waals surface area contributed by atoms with Gasteiger partial charge >= 0.3 is 0 Å². The second-order valence-electron chi connectivity index (χ2n) is 4.15. The van der Waals surface area contributed by atoms with Crippen LogP contribution in [0.3, 0.4) is 0 Å². The van der Waals surface area contributed by atoms with E-state index < -0.39 is 5.82 Å². The second kappa shape index (κ2) is 5.65. The maximum Gasteiger partial charge on any atom is 0.231 e. The molecule has 1 heterocycles. The molecule has 1 aromatic carbocycles. The number of nitrogens with one attached hydrogen (secondary N) is 2. The lowest BCUT2D eigenvalue weighted by Gasteiger charge is -2.16. The predicted molar refractivity (Wildman–Crippen MR) is 67.2 cm³/mol. The summed E-state index contributed by atoms with van der Waals surface area (Å²) in [7, 11) is 1.77. The molecule has 4 nitrogen and oxygen atoms in total. The quantitative estimate of drug-likeness (QED) is 0.880. The number of halogens is 2. The number of ether oxygens (including phenoxy) is 1. The van der Waals surface area contributed by atoms with Gasteiger partial charge in [0.1, 0.15) is 5.82 Å². The van der Waals surface area contributed by atoms with Crippen molar-refractivity contribution in [2.75, 3.05) is 25.6 Å². The molecular weight excluding hydrogens is 259 g/mol. The highest BCUT2D eigenvalue weighted by Gasteiger charge is 2.33. The Morgan fingerprint density at radius 3 is 3.00 bits per heavy atom. The van der Waals surface area contributed by atoms with Crippen LogP contribution >= 0.6 is 11.6 Å². The summed E-state index contributed by atoms with van der Waals surface area (Å²) in [6.45, 7) is 0.843. The summed E-state index contributed by atoms with van der Waals surface area (Å²) in [5.74, 6) is -0.962. The van der Waals surface area contributed by atoms with Crippen LogP contribution in [0.5, 0.6) is 0 Å². The van der Waals surface area contributed by atoms with Crippen molar-refractivity contribution < 1.29 is 13.9 Å². The van der Waals surface area contributed by atoms with E-state index in [1.165, 1.54) is 18.2 Å². The number of benzene rings is 1. The summed E-state index contributed by atoms with van der Waals surface area (Å²) < 4.78 is 18.3. The normalized spacial score (nSPS) is 23.1. The van der Waals surface area contributed by atoms with Crippen molar-refractivity contribution in [1.29, 1.82) is 0 Å². The molecule has 98 valence electrons. The monoisotopic (exact) mass is 272 g/mol. The Bertz CT molecular complexity index is 456. The first kappa shape index (κ1) is 13.3. The standard InChI is InChI=1S/C12H14ClFN2O2/c1-15-11-6-18-5-8(11)12(17)16-10-4-7(14)2-3-9(10)13/h2-4,8,11,15H,5-6H2,1H3,(H,16,17). The van der Waals surface area contributed by atoms with Gasteiger partial charge in [-0.25, -0.2) is 4.39 Å². The van der Waals surface area contributed by atoms with Crippen molar-refractivity contribution in [2.24, 2.45) is 5.92 Å². The fraction of sp³-hybridized carbons (Fsp3) is 0.417. The molecule has 1 amide bonds. The zero-order valence-electron chi connectivity index (χ0n) is 9.87. The molecule has 1 aliphatic rings. The lowest BCUT2D eigenvalue weighted by atomic mass is 10.0. The molecule has 1 aliphatic heterocycles. The number of likely N-dealkylation sites (N-methyl/N-ethyl adjacent to an activating group) is 1. The topological polar surface area (TPSA) is 50.4 Å². The van der Waals surface area contributed by atoms with Crippen LogP contribution in [0.15, 0.2) is 18.2 Å². The molecule has 0 spiro atoms. The third kappa shape index (κ3) is 2.80. The van der Waals surface area contributed by atoms with Crippen LogP contribution in [0.4, 0.5) is 10.1 Å². The van der Waals surface area contributed by atoms with Gasteiger partial charge in [0.05, 0.1) is 29.8 Å². The Hall–Kier alpha value is -1.17. The van der Waals surface area contributed by atoms with E-state index in [0.29, 0.717) is 18.2 Å². The first-order valence-corrected chi connectivity index (χ1v) is 6.00. The third-order valence-electron chi connectivity index (χ3n) is 2.97. The smallest absolute Gasteiger partial charge is 0.231 e. The van der Waals surface area contributed by atoms with E-state index in [9.17, 15) is 9.18 Å². The van der Waals surface area contributed by atoms with Gasteiger partial charge < -0.3 is 15.4 Å². The van der Waals surface area contributed by atoms with Crippen molar-refractivity contribution in [1.82, 2.24) is 5.32 Å². The molecule has 0 aliphatic carbocycles. The molecular formula is C12H14ClFN2O2. The van der Waals surface area contributed by atoms with E-state index in [2.05, 4.69) is 10.6 Å². The summed E-state index contributed by atoms with van der Waals surface area (Å²) >= 11 is 5.89. The van der Waals surface area contributed by atoms with Gasteiger partial charge in [-0.05, 0) is 25.2 Å². The van der Waals surface area contributed by atoms with E-state index in [0.717, 1.165) is 0 Å². The minimum Gasteiger partial charge on any atom is -0.379 e. The van der Waals surface area contributed by atoms with Crippen LogP contribution < -0.4 is 10.6 Å². The van der Waals surface area contributed by atoms with Gasteiger partial charge in [-0.2, -0.15) is 0 Å². The largest absolute Gasteiger partial charge is 0.379 e. The summed E-state index contributed by atoms with van der Waals surface area (Å²) in [5, 5.41) is 5.95. The van der Waals surface area contributed by atoms with Gasteiger partial charge in [0, 0.05) is 6.04 Å². The van der Waals surface area contributed by atoms with Crippen LogP contribution in [0, 0.1) is 11.7 Å².